The fraction of sp³-hybridized carbons (Fsp3) is 0. The Morgan fingerprint density at radius 1 is 0.875 bits per heavy atom. The zero-order valence-electron chi connectivity index (χ0n) is 8.71. The third-order valence-electron chi connectivity index (χ3n) is 2.23. The molecule has 0 aliphatic rings. The van der Waals surface area contributed by atoms with Crippen LogP contribution in [-0.4, -0.2) is 11.3 Å². The molecule has 2 aromatic rings. The minimum absolute atomic E-state index is 0.693. The van der Waals surface area contributed by atoms with Crippen LogP contribution in [0.3, 0.4) is 0 Å². The van der Waals surface area contributed by atoms with Crippen molar-refractivity contribution in [2.24, 2.45) is 0 Å². The number of benzene rings is 1. The van der Waals surface area contributed by atoms with Gasteiger partial charge in [-0.25, -0.2) is 0 Å². The first kappa shape index (κ1) is 10.3. The van der Waals surface area contributed by atoms with Crippen molar-refractivity contribution < 1.29 is 4.79 Å². The third kappa shape index (κ3) is 2.64. The fourth-order valence-electron chi connectivity index (χ4n) is 1.35. The highest BCUT2D eigenvalue weighted by Crippen LogP contribution is 2.08. The summed E-state index contributed by atoms with van der Waals surface area (Å²) in [7, 11) is 0. The van der Waals surface area contributed by atoms with Crippen LogP contribution in [0, 0.1) is 0 Å². The van der Waals surface area contributed by atoms with E-state index in [4.69, 9.17) is 0 Å². The highest BCUT2D eigenvalue weighted by atomic mass is 16.1. The second-order valence-corrected chi connectivity index (χ2v) is 3.40. The standard InChI is InChI=1S/C14H11NO/c16-11-14-7-4-12(5-8-14)3-6-13-2-1-9-15-10-13/h1-11H/b6-3+. The molecule has 78 valence electrons. The van der Waals surface area contributed by atoms with Gasteiger partial charge in [0.25, 0.3) is 0 Å². The molecule has 0 atom stereocenters. The van der Waals surface area contributed by atoms with Gasteiger partial charge in [0.15, 0.2) is 0 Å². The minimum atomic E-state index is 0.693. The van der Waals surface area contributed by atoms with Crippen LogP contribution in [-0.2, 0) is 0 Å². The van der Waals surface area contributed by atoms with Crippen LogP contribution in [0.15, 0.2) is 48.8 Å². The predicted molar refractivity (Wildman–Crippen MR) is 65.0 cm³/mol. The third-order valence-corrected chi connectivity index (χ3v) is 2.23. The minimum Gasteiger partial charge on any atom is -0.298 e. The number of hydrogen-bond acceptors (Lipinski definition) is 2. The van der Waals surface area contributed by atoms with E-state index in [1.165, 1.54) is 0 Å². The average molecular weight is 209 g/mol. The SMILES string of the molecule is O=Cc1ccc(/C=C/c2cccnc2)cc1. The van der Waals surface area contributed by atoms with Gasteiger partial charge in [-0.05, 0) is 17.2 Å². The van der Waals surface area contributed by atoms with Crippen molar-refractivity contribution in [3.63, 3.8) is 0 Å². The van der Waals surface area contributed by atoms with Gasteiger partial charge in [0.1, 0.15) is 6.29 Å². The predicted octanol–water partition coefficient (Wildman–Crippen LogP) is 3.06. The highest BCUT2D eigenvalue weighted by molar-refractivity contribution is 5.76. The van der Waals surface area contributed by atoms with Gasteiger partial charge in [-0.1, -0.05) is 42.5 Å². The number of carbonyl (C=O) groups is 1. The van der Waals surface area contributed by atoms with E-state index in [-0.39, 0.29) is 0 Å². The van der Waals surface area contributed by atoms with Crippen LogP contribution in [0.1, 0.15) is 21.5 Å². The quantitative estimate of drug-likeness (QED) is 0.727. The molecule has 0 saturated heterocycles. The Morgan fingerprint density at radius 3 is 2.19 bits per heavy atom. The van der Waals surface area contributed by atoms with Crippen molar-refractivity contribution in [2.75, 3.05) is 0 Å². The fourth-order valence-corrected chi connectivity index (χ4v) is 1.35. The molecule has 0 radical (unpaired) electrons. The molecule has 0 aliphatic carbocycles. The Morgan fingerprint density at radius 2 is 1.56 bits per heavy atom. The Bertz CT molecular complexity index is 486. The Kier molecular flexibility index (Phi) is 3.24. The molecule has 0 fully saturated rings. The summed E-state index contributed by atoms with van der Waals surface area (Å²) in [5.74, 6) is 0. The summed E-state index contributed by atoms with van der Waals surface area (Å²) in [4.78, 5) is 14.5. The van der Waals surface area contributed by atoms with Gasteiger partial charge in [-0.15, -0.1) is 0 Å². The maximum atomic E-state index is 10.5. The molecule has 2 rings (SSSR count). The van der Waals surface area contributed by atoms with Crippen LogP contribution in [0.25, 0.3) is 12.2 Å². The molecule has 0 aliphatic heterocycles. The van der Waals surface area contributed by atoms with E-state index in [1.807, 2.05) is 36.4 Å². The van der Waals surface area contributed by atoms with Crippen molar-refractivity contribution in [2.45, 2.75) is 0 Å². The van der Waals surface area contributed by atoms with Gasteiger partial charge >= 0.3 is 0 Å². The summed E-state index contributed by atoms with van der Waals surface area (Å²) in [6.07, 6.45) is 8.37. The molecule has 0 saturated carbocycles. The van der Waals surface area contributed by atoms with E-state index in [1.54, 1.807) is 24.5 Å². The number of aromatic nitrogens is 1. The van der Waals surface area contributed by atoms with Crippen molar-refractivity contribution in [3.8, 4) is 0 Å². The number of nitrogens with zero attached hydrogens (tertiary/aromatic N) is 1. The molecule has 2 nitrogen and oxygen atoms in total. The smallest absolute Gasteiger partial charge is 0.150 e. The normalized spacial score (nSPS) is 10.5. The molecule has 1 aromatic heterocycles. The maximum Gasteiger partial charge on any atom is 0.150 e. The van der Waals surface area contributed by atoms with E-state index in [9.17, 15) is 4.79 Å². The van der Waals surface area contributed by atoms with Crippen molar-refractivity contribution in [1.82, 2.24) is 4.98 Å². The lowest BCUT2D eigenvalue weighted by Crippen LogP contribution is -1.79. The van der Waals surface area contributed by atoms with Gasteiger partial charge in [0, 0.05) is 18.0 Å². The van der Waals surface area contributed by atoms with Crippen molar-refractivity contribution in [1.29, 1.82) is 0 Å². The van der Waals surface area contributed by atoms with Gasteiger partial charge in [-0.3, -0.25) is 9.78 Å². The summed E-state index contributed by atoms with van der Waals surface area (Å²) in [5.41, 5.74) is 2.81. The molecule has 1 aromatic carbocycles. The number of rotatable bonds is 3. The second-order valence-electron chi connectivity index (χ2n) is 3.40. The van der Waals surface area contributed by atoms with E-state index in [2.05, 4.69) is 4.98 Å². The molecule has 1 heterocycles. The van der Waals surface area contributed by atoms with Gasteiger partial charge in [0.05, 0.1) is 0 Å². The first-order valence-corrected chi connectivity index (χ1v) is 5.02. The Hall–Kier alpha value is -2.22. The number of pyridine rings is 1. The molecule has 0 bridgehead atoms. The second kappa shape index (κ2) is 5.03. The molecular weight excluding hydrogens is 198 g/mol. The van der Waals surface area contributed by atoms with Crippen molar-refractivity contribution >= 4 is 18.4 Å². The molecule has 2 heteroatoms. The summed E-state index contributed by atoms with van der Waals surface area (Å²) in [6, 6.07) is 11.3. The molecule has 0 N–H and O–H groups in total. The van der Waals surface area contributed by atoms with Crippen LogP contribution >= 0.6 is 0 Å². The van der Waals surface area contributed by atoms with E-state index >= 15 is 0 Å². The van der Waals surface area contributed by atoms with E-state index < -0.39 is 0 Å². The highest BCUT2D eigenvalue weighted by Gasteiger charge is 1.89. The maximum absolute atomic E-state index is 10.5. The zero-order chi connectivity index (χ0) is 11.2. The summed E-state index contributed by atoms with van der Waals surface area (Å²) in [6.45, 7) is 0. The Labute approximate surface area is 94.3 Å². The van der Waals surface area contributed by atoms with Crippen LogP contribution in [0.5, 0.6) is 0 Å². The molecular formula is C14H11NO. The summed E-state index contributed by atoms with van der Waals surface area (Å²) in [5, 5.41) is 0. The lowest BCUT2D eigenvalue weighted by molar-refractivity contribution is 0.112. The monoisotopic (exact) mass is 209 g/mol. The van der Waals surface area contributed by atoms with E-state index in [0.29, 0.717) is 5.56 Å². The topological polar surface area (TPSA) is 30.0 Å². The van der Waals surface area contributed by atoms with Crippen LogP contribution < -0.4 is 0 Å². The number of carbonyl (C=O) groups excluding carboxylic acids is 1. The zero-order valence-corrected chi connectivity index (χ0v) is 8.71. The first-order valence-electron chi connectivity index (χ1n) is 5.02. The number of aldehydes is 1. The van der Waals surface area contributed by atoms with Gasteiger partial charge in [0.2, 0.25) is 0 Å². The Balaban J connectivity index is 2.14. The molecule has 16 heavy (non-hydrogen) atoms. The van der Waals surface area contributed by atoms with E-state index in [0.717, 1.165) is 17.4 Å². The molecule has 0 spiro atoms. The molecule has 0 amide bonds. The number of hydrogen-bond donors (Lipinski definition) is 0. The lowest BCUT2D eigenvalue weighted by atomic mass is 10.1. The summed E-state index contributed by atoms with van der Waals surface area (Å²) < 4.78 is 0. The molecule has 0 unspecified atom stereocenters. The van der Waals surface area contributed by atoms with Crippen LogP contribution in [0.2, 0.25) is 0 Å². The van der Waals surface area contributed by atoms with Gasteiger partial charge < -0.3 is 0 Å². The summed E-state index contributed by atoms with van der Waals surface area (Å²) >= 11 is 0. The average Bonchev–Trinajstić information content (AvgIpc) is 2.38. The van der Waals surface area contributed by atoms with Gasteiger partial charge in [-0.2, -0.15) is 0 Å². The largest absolute Gasteiger partial charge is 0.298 e. The van der Waals surface area contributed by atoms with Crippen LogP contribution in [0.4, 0.5) is 0 Å². The van der Waals surface area contributed by atoms with Crippen molar-refractivity contribution in [3.05, 3.63) is 65.5 Å². The lowest BCUT2D eigenvalue weighted by Gasteiger charge is -1.94. The first-order chi connectivity index (χ1) is 7.88.